The van der Waals surface area contributed by atoms with Crippen molar-refractivity contribution >= 4 is 52.5 Å². The van der Waals surface area contributed by atoms with Gasteiger partial charge in [0.15, 0.2) is 23.0 Å². The lowest BCUT2D eigenvalue weighted by Gasteiger charge is -2.25. The second kappa shape index (κ2) is 11.5. The van der Waals surface area contributed by atoms with Crippen LogP contribution in [0.3, 0.4) is 0 Å². The molecular weight excluding hydrogens is 554 g/mol. The molecule has 1 aromatic carbocycles. The van der Waals surface area contributed by atoms with E-state index in [0.717, 1.165) is 11.3 Å². The van der Waals surface area contributed by atoms with E-state index in [4.69, 9.17) is 27.1 Å². The zero-order valence-electron chi connectivity index (χ0n) is 23.1. The number of carbonyl (C=O) groups is 1. The van der Waals surface area contributed by atoms with Crippen LogP contribution in [-0.2, 0) is 4.79 Å². The Hall–Kier alpha value is -4.91. The summed E-state index contributed by atoms with van der Waals surface area (Å²) in [5.41, 5.74) is 3.67. The number of nitrogens with one attached hydrogen (secondary N) is 1. The summed E-state index contributed by atoms with van der Waals surface area (Å²) < 4.78 is 13.5. The van der Waals surface area contributed by atoms with Crippen LogP contribution in [0, 0.1) is 6.92 Å². The molecule has 1 unspecified atom stereocenters. The highest BCUT2D eigenvalue weighted by Crippen LogP contribution is 2.34. The Bertz CT molecular complexity index is 1790. The van der Waals surface area contributed by atoms with Crippen molar-refractivity contribution in [2.75, 3.05) is 43.5 Å². The van der Waals surface area contributed by atoms with Gasteiger partial charge in [0.2, 0.25) is 5.91 Å². The van der Waals surface area contributed by atoms with Crippen molar-refractivity contribution in [3.8, 4) is 17.2 Å². The Balaban J connectivity index is 1.27. The maximum atomic E-state index is 12.3. The molecule has 5 aromatic rings. The molecule has 12 nitrogen and oxygen atoms in total. The van der Waals surface area contributed by atoms with Gasteiger partial charge in [-0.05, 0) is 42.8 Å². The Labute approximate surface area is 247 Å². The first kappa shape index (κ1) is 27.3. The molecule has 1 saturated heterocycles. The van der Waals surface area contributed by atoms with Gasteiger partial charge in [-0.15, -0.1) is 0 Å². The molecule has 1 fully saturated rings. The first-order chi connectivity index (χ1) is 20.4. The van der Waals surface area contributed by atoms with E-state index < -0.39 is 0 Å². The second-order valence-electron chi connectivity index (χ2n) is 9.83. The first-order valence-electron chi connectivity index (χ1n) is 13.3. The summed E-state index contributed by atoms with van der Waals surface area (Å²) in [5.74, 6) is 3.04. The van der Waals surface area contributed by atoms with E-state index in [-0.39, 0.29) is 11.2 Å². The predicted molar refractivity (Wildman–Crippen MR) is 163 cm³/mol. The molecule has 0 aliphatic carbocycles. The number of thiol groups is 1. The third-order valence-corrected chi connectivity index (χ3v) is 7.31. The molecule has 0 spiro atoms. The summed E-state index contributed by atoms with van der Waals surface area (Å²) in [4.78, 5) is 34.2. The number of aryl methyl sites for hydroxylation is 1. The van der Waals surface area contributed by atoms with Crippen LogP contribution in [0.1, 0.15) is 5.56 Å². The summed E-state index contributed by atoms with van der Waals surface area (Å²) in [6.45, 7) is 7.77. The Morgan fingerprint density at radius 2 is 1.98 bits per heavy atom. The van der Waals surface area contributed by atoms with E-state index in [0.29, 0.717) is 71.7 Å². The molecule has 1 N–H and O–H groups in total. The van der Waals surface area contributed by atoms with Crippen LogP contribution in [0.25, 0.3) is 16.7 Å². The van der Waals surface area contributed by atoms with Gasteiger partial charge in [-0.2, -0.15) is 17.7 Å². The zero-order valence-corrected chi connectivity index (χ0v) is 24.0. The van der Waals surface area contributed by atoms with E-state index >= 15 is 0 Å². The minimum atomic E-state index is -0.114. The van der Waals surface area contributed by atoms with Crippen LogP contribution in [0.15, 0.2) is 67.9 Å². The third kappa shape index (κ3) is 5.50. The molecule has 6 rings (SSSR count). The number of rotatable bonds is 7. The molecule has 1 amide bonds. The summed E-state index contributed by atoms with van der Waals surface area (Å²) in [6, 6.07) is 11.3. The van der Waals surface area contributed by atoms with Crippen LogP contribution in [0.5, 0.6) is 17.2 Å². The van der Waals surface area contributed by atoms with Gasteiger partial charge < -0.3 is 24.6 Å². The molecule has 214 valence electrons. The molecule has 4 aromatic heterocycles. The fourth-order valence-corrected chi connectivity index (χ4v) is 5.30. The monoisotopic (exact) mass is 583 g/mol. The van der Waals surface area contributed by atoms with Gasteiger partial charge in [-0.25, -0.2) is 24.5 Å². The number of anilines is 3. The van der Waals surface area contributed by atoms with E-state index in [1.54, 1.807) is 22.7 Å². The average molecular weight is 584 g/mol. The lowest BCUT2D eigenvalue weighted by atomic mass is 10.2. The number of carbonyl (C=O) groups excluding carboxylic acids is 1. The van der Waals surface area contributed by atoms with Gasteiger partial charge in [-0.3, -0.25) is 4.79 Å². The number of hydrogen-bond acceptors (Lipinski definition) is 11. The van der Waals surface area contributed by atoms with Gasteiger partial charge in [0.1, 0.15) is 29.7 Å². The lowest BCUT2D eigenvalue weighted by molar-refractivity contribution is -0.125. The van der Waals surface area contributed by atoms with Crippen molar-refractivity contribution < 1.29 is 14.3 Å². The first-order valence-corrected chi connectivity index (χ1v) is 13.8. The molecule has 1 aliphatic rings. The Kier molecular flexibility index (Phi) is 7.48. The predicted octanol–water partition coefficient (Wildman–Crippen LogP) is 4.05. The summed E-state index contributed by atoms with van der Waals surface area (Å²) in [6.07, 6.45) is 6.13. The number of hydrogen-bond donors (Lipinski definition) is 2. The molecule has 0 radical (unpaired) electrons. The summed E-state index contributed by atoms with van der Waals surface area (Å²) in [7, 11) is 1.60. The van der Waals surface area contributed by atoms with Crippen molar-refractivity contribution in [1.82, 2.24) is 34.4 Å². The van der Waals surface area contributed by atoms with Gasteiger partial charge in [-0.1, -0.05) is 6.58 Å². The normalized spacial score (nSPS) is 15.5. The fraction of sp³-hybridized carbons (Fsp3) is 0.241. The lowest BCUT2D eigenvalue weighted by Crippen LogP contribution is -2.35. The molecule has 5 heterocycles. The van der Waals surface area contributed by atoms with Crippen molar-refractivity contribution in [2.24, 2.45) is 0 Å². The molecule has 0 saturated carbocycles. The number of amides is 1. The zero-order chi connectivity index (χ0) is 29.2. The van der Waals surface area contributed by atoms with Crippen molar-refractivity contribution in [2.45, 2.75) is 12.2 Å². The van der Waals surface area contributed by atoms with Crippen LogP contribution in [0.2, 0.25) is 0 Å². The molecule has 1 atom stereocenters. The highest BCUT2D eigenvalue weighted by Gasteiger charge is 2.26. The van der Waals surface area contributed by atoms with Crippen LogP contribution >= 0.6 is 12.6 Å². The molecule has 0 bridgehead atoms. The van der Waals surface area contributed by atoms with Gasteiger partial charge >= 0.3 is 0 Å². The smallest absolute Gasteiger partial charge is 0.246 e. The van der Waals surface area contributed by atoms with E-state index in [1.165, 1.54) is 18.7 Å². The quantitative estimate of drug-likeness (QED) is 0.214. The topological polar surface area (TPSA) is 123 Å². The average Bonchev–Trinajstić information content (AvgIpc) is 3.38. The molecular formula is C29H29N9O3S. The van der Waals surface area contributed by atoms with Crippen LogP contribution < -0.4 is 19.7 Å². The minimum Gasteiger partial charge on any atom is -0.493 e. The minimum absolute atomic E-state index is 0.0785. The SMILES string of the molecule is C=CC(=O)N1CCN(c2nc3c(Nc4ccc(Oc5ccn6ncnc6c5)c(C)c4)ncnc3cc2OC)CC(S)C1. The molecule has 1 aliphatic heterocycles. The van der Waals surface area contributed by atoms with Crippen LogP contribution in [-0.4, -0.2) is 78.9 Å². The highest BCUT2D eigenvalue weighted by molar-refractivity contribution is 7.81. The van der Waals surface area contributed by atoms with Gasteiger partial charge in [0, 0.05) is 55.4 Å². The number of fused-ring (bicyclic) bond motifs is 2. The van der Waals surface area contributed by atoms with Crippen molar-refractivity contribution in [1.29, 1.82) is 0 Å². The van der Waals surface area contributed by atoms with Crippen LogP contribution in [0.4, 0.5) is 17.3 Å². The number of methoxy groups -OCH3 is 1. The van der Waals surface area contributed by atoms with Crippen molar-refractivity contribution in [3.63, 3.8) is 0 Å². The maximum absolute atomic E-state index is 12.3. The van der Waals surface area contributed by atoms with Gasteiger partial charge in [0.05, 0.1) is 12.6 Å². The second-order valence-corrected chi connectivity index (χ2v) is 10.6. The molecule has 13 heteroatoms. The van der Waals surface area contributed by atoms with E-state index in [9.17, 15) is 4.79 Å². The fourth-order valence-electron chi connectivity index (χ4n) is 4.90. The highest BCUT2D eigenvalue weighted by atomic mass is 32.1. The number of benzene rings is 1. The molecule has 42 heavy (non-hydrogen) atoms. The third-order valence-electron chi connectivity index (χ3n) is 6.98. The number of pyridine rings is 2. The van der Waals surface area contributed by atoms with E-state index in [1.807, 2.05) is 43.3 Å². The maximum Gasteiger partial charge on any atom is 0.246 e. The summed E-state index contributed by atoms with van der Waals surface area (Å²) in [5, 5.41) is 7.42. The Morgan fingerprint density at radius 1 is 1.10 bits per heavy atom. The van der Waals surface area contributed by atoms with E-state index in [2.05, 4.69) is 36.8 Å². The summed E-state index contributed by atoms with van der Waals surface area (Å²) >= 11 is 4.73. The largest absolute Gasteiger partial charge is 0.493 e. The standard InChI is InChI=1S/C29H29N9O3S/c1-4-26(39)36-9-10-37(15-21(42)14-36)29-24(40-3)13-22-27(35-29)28(32-16-30-22)34-19-5-6-23(18(2)11-19)41-20-7-8-38-25(12-20)31-17-33-38/h4-8,11-13,16-17,21,42H,1,9-10,14-15H2,2-3H3,(H,30,32,34). The number of ether oxygens (including phenoxy) is 2. The Morgan fingerprint density at radius 3 is 2.79 bits per heavy atom. The number of aromatic nitrogens is 6. The van der Waals surface area contributed by atoms with Crippen molar-refractivity contribution in [3.05, 3.63) is 73.5 Å². The number of nitrogens with zero attached hydrogens (tertiary/aromatic N) is 8. The van der Waals surface area contributed by atoms with Gasteiger partial charge in [0.25, 0.3) is 0 Å².